The molecule has 0 saturated heterocycles. The Bertz CT molecular complexity index is 341. The van der Waals surface area contributed by atoms with Crippen molar-refractivity contribution in [1.29, 1.82) is 0 Å². The molecule has 0 aromatic carbocycles. The van der Waals surface area contributed by atoms with E-state index < -0.39 is 16.1 Å². The summed E-state index contributed by atoms with van der Waals surface area (Å²) in [5, 5.41) is 10.7. The Labute approximate surface area is 148 Å². The van der Waals surface area contributed by atoms with Gasteiger partial charge in [-0.3, -0.25) is 0 Å². The van der Waals surface area contributed by atoms with Crippen LogP contribution in [0, 0.1) is 0 Å². The Balaban J connectivity index is 6.03. The summed E-state index contributed by atoms with van der Waals surface area (Å²) in [6.07, 6.45) is 3.72. The number of rotatable bonds is 12. The van der Waals surface area contributed by atoms with Gasteiger partial charge in [0.05, 0.1) is 22.3 Å². The summed E-state index contributed by atoms with van der Waals surface area (Å²) in [6, 6.07) is 7.93. The van der Waals surface area contributed by atoms with Crippen LogP contribution in [0.4, 0.5) is 0 Å². The highest BCUT2D eigenvalue weighted by Gasteiger charge is 2.43. The second-order valence-corrected chi connectivity index (χ2v) is 18.1. The first kappa shape index (κ1) is 22.9. The highest BCUT2D eigenvalue weighted by atomic mass is 28.4. The summed E-state index contributed by atoms with van der Waals surface area (Å²) in [4.78, 5) is 1.79. The van der Waals surface area contributed by atoms with E-state index in [1.54, 1.807) is 4.82 Å². The lowest BCUT2D eigenvalue weighted by Crippen LogP contribution is -2.50. The molecule has 23 heavy (non-hydrogen) atoms. The van der Waals surface area contributed by atoms with E-state index >= 15 is 0 Å². The van der Waals surface area contributed by atoms with Gasteiger partial charge in [-0.15, -0.1) is 0 Å². The Morgan fingerprint density at radius 3 is 1.43 bits per heavy atom. The monoisotopic (exact) mass is 354 g/mol. The van der Waals surface area contributed by atoms with Crippen LogP contribution in [0.2, 0.25) is 36.3 Å². The molecule has 0 bridgehead atoms. The van der Waals surface area contributed by atoms with E-state index in [4.69, 9.17) is 0 Å². The summed E-state index contributed by atoms with van der Waals surface area (Å²) >= 11 is 0. The summed E-state index contributed by atoms with van der Waals surface area (Å²) in [5.41, 5.74) is 1.17. The number of aliphatic hydroxyl groups excluding tert-OH is 1. The molecule has 0 saturated carbocycles. The van der Waals surface area contributed by atoms with Gasteiger partial charge in [0, 0.05) is 0 Å². The fourth-order valence-corrected chi connectivity index (χ4v) is 18.3. The molecule has 0 rings (SSSR count). The lowest BCUT2D eigenvalue weighted by molar-refractivity contribution is 0.222. The molecule has 0 heterocycles. The van der Waals surface area contributed by atoms with E-state index in [1.165, 1.54) is 41.8 Å². The van der Waals surface area contributed by atoms with Crippen molar-refractivity contribution in [2.45, 2.75) is 104 Å². The minimum absolute atomic E-state index is 0.328. The van der Waals surface area contributed by atoms with Crippen molar-refractivity contribution in [1.82, 2.24) is 0 Å². The van der Waals surface area contributed by atoms with Crippen LogP contribution < -0.4 is 0 Å². The molecular weight excluding hydrogens is 312 g/mol. The van der Waals surface area contributed by atoms with Crippen LogP contribution in [0.5, 0.6) is 0 Å². The Kier molecular flexibility index (Phi) is 10.6. The molecule has 1 nitrogen and oxygen atoms in total. The van der Waals surface area contributed by atoms with E-state index in [2.05, 4.69) is 61.1 Å². The predicted octanol–water partition coefficient (Wildman–Crippen LogP) is 6.73. The van der Waals surface area contributed by atoms with Crippen molar-refractivity contribution in [2.75, 3.05) is 0 Å². The molecule has 1 unspecified atom stereocenters. The molecule has 3 heteroatoms. The van der Waals surface area contributed by atoms with E-state index in [0.717, 1.165) is 12.8 Å². The van der Waals surface area contributed by atoms with Crippen molar-refractivity contribution in [3.05, 3.63) is 23.0 Å². The van der Waals surface area contributed by atoms with Crippen LogP contribution in [0.25, 0.3) is 0 Å². The molecule has 136 valence electrons. The molecule has 0 aromatic rings. The molecule has 0 radical (unpaired) electrons. The van der Waals surface area contributed by atoms with Gasteiger partial charge >= 0.3 is 0 Å². The van der Waals surface area contributed by atoms with Crippen LogP contribution in [0.15, 0.2) is 23.0 Å². The molecule has 0 aliphatic carbocycles. The fraction of sp³-hybridized carbons (Fsp3) is 0.800. The van der Waals surface area contributed by atoms with E-state index in [9.17, 15) is 5.11 Å². The van der Waals surface area contributed by atoms with E-state index in [1.807, 2.05) is 0 Å². The molecule has 0 aromatic heterocycles. The lowest BCUT2D eigenvalue weighted by Gasteiger charge is -2.43. The maximum atomic E-state index is 10.7. The van der Waals surface area contributed by atoms with Crippen LogP contribution >= 0.6 is 0 Å². The molecule has 0 fully saturated rings. The quantitative estimate of drug-likeness (QED) is 0.304. The van der Waals surface area contributed by atoms with Gasteiger partial charge in [-0.2, -0.15) is 0 Å². The zero-order valence-electron chi connectivity index (χ0n) is 17.0. The second kappa shape index (κ2) is 10.7. The maximum Gasteiger partial charge on any atom is 0.0762 e. The van der Waals surface area contributed by atoms with Crippen LogP contribution in [-0.4, -0.2) is 27.4 Å². The average molecular weight is 355 g/mol. The van der Waals surface area contributed by atoms with Gasteiger partial charge < -0.3 is 5.11 Å². The average Bonchev–Trinajstić information content (AvgIpc) is 2.58. The van der Waals surface area contributed by atoms with Gasteiger partial charge in [-0.1, -0.05) is 108 Å². The molecule has 0 aliphatic heterocycles. The first-order valence-corrected chi connectivity index (χ1v) is 15.2. The summed E-state index contributed by atoms with van der Waals surface area (Å²) < 4.78 is 0. The van der Waals surface area contributed by atoms with Gasteiger partial charge in [0.15, 0.2) is 0 Å². The summed E-state index contributed by atoms with van der Waals surface area (Å²) in [6.45, 7) is 20.6. The third-order valence-corrected chi connectivity index (χ3v) is 20.5. The zero-order valence-corrected chi connectivity index (χ0v) is 19.0. The lowest BCUT2D eigenvalue weighted by atomic mass is 10.1. The standard InChI is InChI=1S/C20H42OSi2/c1-9-18(8)16-19(21)17-20(22(10-2,11-3)12-4)23(13-5,14-6)15-7/h17,19,21H,8-16H2,1-7H3. The summed E-state index contributed by atoms with van der Waals surface area (Å²) in [7, 11) is -2.87. The molecule has 1 N–H and O–H groups in total. The third kappa shape index (κ3) is 5.43. The van der Waals surface area contributed by atoms with Crippen LogP contribution in [0.3, 0.4) is 0 Å². The Hall–Kier alpha value is -0.126. The van der Waals surface area contributed by atoms with Gasteiger partial charge in [0.1, 0.15) is 0 Å². The van der Waals surface area contributed by atoms with Crippen molar-refractivity contribution >= 4 is 16.1 Å². The van der Waals surface area contributed by atoms with Crippen LogP contribution in [-0.2, 0) is 0 Å². The second-order valence-electron chi connectivity index (χ2n) is 7.14. The van der Waals surface area contributed by atoms with Gasteiger partial charge in [-0.05, 0) is 12.8 Å². The Morgan fingerprint density at radius 2 is 1.17 bits per heavy atom. The highest BCUT2D eigenvalue weighted by Crippen LogP contribution is 2.40. The number of aliphatic hydroxyl groups is 1. The molecule has 1 atom stereocenters. The predicted molar refractivity (Wildman–Crippen MR) is 113 cm³/mol. The van der Waals surface area contributed by atoms with Gasteiger partial charge in [0.2, 0.25) is 0 Å². The molecule has 0 aliphatic rings. The largest absolute Gasteiger partial charge is 0.389 e. The SMILES string of the molecule is C=C(CC)CC(O)C=C([Si](CC)(CC)CC)[Si](CC)(CC)CC. The van der Waals surface area contributed by atoms with Crippen molar-refractivity contribution in [3.63, 3.8) is 0 Å². The normalized spacial score (nSPS) is 13.7. The topological polar surface area (TPSA) is 20.2 Å². The number of hydrogen-bond acceptors (Lipinski definition) is 1. The molecular formula is C20H42OSi2. The fourth-order valence-electron chi connectivity index (χ4n) is 4.25. The molecule has 0 spiro atoms. The minimum Gasteiger partial charge on any atom is -0.389 e. The summed E-state index contributed by atoms with van der Waals surface area (Å²) in [5.74, 6) is 0. The maximum absolute atomic E-state index is 10.7. The zero-order chi connectivity index (χ0) is 18.1. The van der Waals surface area contributed by atoms with Crippen molar-refractivity contribution in [3.8, 4) is 0 Å². The van der Waals surface area contributed by atoms with E-state index in [0.29, 0.717) is 0 Å². The van der Waals surface area contributed by atoms with Gasteiger partial charge in [-0.25, -0.2) is 0 Å². The Morgan fingerprint density at radius 1 is 0.826 bits per heavy atom. The smallest absolute Gasteiger partial charge is 0.0762 e. The third-order valence-electron chi connectivity index (χ3n) is 6.56. The van der Waals surface area contributed by atoms with Crippen molar-refractivity contribution in [2.24, 2.45) is 0 Å². The van der Waals surface area contributed by atoms with Crippen molar-refractivity contribution < 1.29 is 5.11 Å². The molecule has 0 amide bonds. The highest BCUT2D eigenvalue weighted by molar-refractivity contribution is 7.07. The van der Waals surface area contributed by atoms with Crippen LogP contribution in [0.1, 0.15) is 61.3 Å². The number of hydrogen-bond donors (Lipinski definition) is 1. The van der Waals surface area contributed by atoms with E-state index in [-0.39, 0.29) is 6.10 Å². The van der Waals surface area contributed by atoms with Gasteiger partial charge in [0.25, 0.3) is 0 Å². The first-order valence-electron chi connectivity index (χ1n) is 9.92. The minimum atomic E-state index is -1.44. The first-order chi connectivity index (χ1) is 10.8.